The van der Waals surface area contributed by atoms with Crippen LogP contribution >= 0.6 is 11.8 Å². The maximum Gasteiger partial charge on any atom is 0.230 e. The molecular weight excluding hydrogens is 280 g/mol. The number of hydrogen-bond acceptors (Lipinski definition) is 3. The highest BCUT2D eigenvalue weighted by Crippen LogP contribution is 2.25. The van der Waals surface area contributed by atoms with E-state index in [0.29, 0.717) is 5.75 Å². The summed E-state index contributed by atoms with van der Waals surface area (Å²) in [7, 11) is 0. The molecule has 1 aromatic rings. The predicted octanol–water partition coefficient (Wildman–Crippen LogP) is 4.00. The summed E-state index contributed by atoms with van der Waals surface area (Å²) >= 11 is 1.50. The molecule has 0 saturated heterocycles. The Bertz CT molecular complexity index is 460. The third-order valence-corrected chi connectivity index (χ3v) is 4.42. The zero-order valence-electron chi connectivity index (χ0n) is 13.6. The molecule has 21 heavy (non-hydrogen) atoms. The number of carbonyl (C=O) groups is 1. The van der Waals surface area contributed by atoms with Crippen molar-refractivity contribution >= 4 is 23.4 Å². The Balaban J connectivity index is 2.32. The number of thioether (sulfide) groups is 1. The van der Waals surface area contributed by atoms with Gasteiger partial charge in [0.25, 0.3) is 0 Å². The van der Waals surface area contributed by atoms with Crippen molar-refractivity contribution < 1.29 is 4.79 Å². The third kappa shape index (κ3) is 7.42. The summed E-state index contributed by atoms with van der Waals surface area (Å²) in [4.78, 5) is 12.9. The van der Waals surface area contributed by atoms with E-state index in [4.69, 9.17) is 5.73 Å². The fourth-order valence-electron chi connectivity index (χ4n) is 2.13. The fourth-order valence-corrected chi connectivity index (χ4v) is 3.00. The molecule has 0 saturated carbocycles. The molecule has 1 amide bonds. The maximum atomic E-state index is 11.9. The highest BCUT2D eigenvalue weighted by Gasteiger charge is 2.09. The topological polar surface area (TPSA) is 55.1 Å². The number of carbonyl (C=O) groups excluding carboxylic acids is 1. The number of aryl methyl sites for hydroxylation is 1. The fraction of sp³-hybridized carbons (Fsp3) is 0.588. The molecule has 3 N–H and O–H groups in total. The Kier molecular flexibility index (Phi) is 7.65. The van der Waals surface area contributed by atoms with Gasteiger partial charge in [-0.05, 0) is 43.9 Å². The first-order valence-corrected chi connectivity index (χ1v) is 8.65. The molecule has 1 unspecified atom stereocenters. The average Bonchev–Trinajstić information content (AvgIpc) is 2.39. The maximum absolute atomic E-state index is 11.9. The molecule has 0 aliphatic carbocycles. The van der Waals surface area contributed by atoms with Crippen LogP contribution in [0.4, 0.5) is 5.69 Å². The summed E-state index contributed by atoms with van der Waals surface area (Å²) in [6.45, 7) is 8.56. The van der Waals surface area contributed by atoms with E-state index in [1.54, 1.807) is 0 Å². The van der Waals surface area contributed by atoms with Crippen LogP contribution in [0, 0.1) is 12.8 Å². The SMILES string of the molecule is Cc1ccc(N)c(SCC(=O)NC(C)CCCC(C)C)c1. The molecule has 0 aromatic heterocycles. The lowest BCUT2D eigenvalue weighted by Crippen LogP contribution is -2.33. The number of amides is 1. The first-order chi connectivity index (χ1) is 9.88. The molecule has 1 rings (SSSR count). The van der Waals surface area contributed by atoms with Crippen molar-refractivity contribution in [2.45, 2.75) is 57.9 Å². The van der Waals surface area contributed by atoms with Gasteiger partial charge in [-0.2, -0.15) is 0 Å². The van der Waals surface area contributed by atoms with Gasteiger partial charge in [-0.25, -0.2) is 0 Å². The lowest BCUT2D eigenvalue weighted by Gasteiger charge is -2.14. The number of benzene rings is 1. The Morgan fingerprint density at radius 2 is 2.00 bits per heavy atom. The molecule has 0 radical (unpaired) electrons. The van der Waals surface area contributed by atoms with Gasteiger partial charge < -0.3 is 11.1 Å². The lowest BCUT2D eigenvalue weighted by atomic mass is 10.0. The van der Waals surface area contributed by atoms with E-state index >= 15 is 0 Å². The van der Waals surface area contributed by atoms with Crippen molar-refractivity contribution in [3.05, 3.63) is 23.8 Å². The summed E-state index contributed by atoms with van der Waals surface area (Å²) in [5, 5.41) is 3.06. The normalized spacial score (nSPS) is 12.4. The molecule has 1 atom stereocenters. The van der Waals surface area contributed by atoms with Gasteiger partial charge in [0.1, 0.15) is 0 Å². The number of nitrogens with one attached hydrogen (secondary N) is 1. The molecule has 4 heteroatoms. The second-order valence-electron chi connectivity index (χ2n) is 6.12. The van der Waals surface area contributed by atoms with E-state index in [-0.39, 0.29) is 11.9 Å². The van der Waals surface area contributed by atoms with Crippen LogP contribution in [0.5, 0.6) is 0 Å². The van der Waals surface area contributed by atoms with Gasteiger partial charge in [-0.1, -0.05) is 32.8 Å². The minimum Gasteiger partial charge on any atom is -0.398 e. The molecule has 0 fully saturated rings. The second kappa shape index (κ2) is 8.98. The zero-order chi connectivity index (χ0) is 15.8. The number of rotatable bonds is 8. The number of hydrogen-bond donors (Lipinski definition) is 2. The Morgan fingerprint density at radius 3 is 2.67 bits per heavy atom. The van der Waals surface area contributed by atoms with Crippen LogP contribution in [0.15, 0.2) is 23.1 Å². The predicted molar refractivity (Wildman–Crippen MR) is 92.6 cm³/mol. The van der Waals surface area contributed by atoms with Crippen LogP contribution in [0.25, 0.3) is 0 Å². The van der Waals surface area contributed by atoms with Crippen LogP contribution in [0.2, 0.25) is 0 Å². The van der Waals surface area contributed by atoms with Gasteiger partial charge in [-0.15, -0.1) is 11.8 Å². The number of nitrogens with two attached hydrogens (primary N) is 1. The van der Waals surface area contributed by atoms with Crippen LogP contribution in [0.3, 0.4) is 0 Å². The summed E-state index contributed by atoms with van der Waals surface area (Å²) in [5.41, 5.74) is 7.82. The van der Waals surface area contributed by atoms with Crippen molar-refractivity contribution in [3.8, 4) is 0 Å². The van der Waals surface area contributed by atoms with Gasteiger partial charge in [0.2, 0.25) is 5.91 Å². The molecule has 3 nitrogen and oxygen atoms in total. The molecule has 0 aliphatic heterocycles. The first kappa shape index (κ1) is 17.9. The number of anilines is 1. The minimum atomic E-state index is 0.0814. The summed E-state index contributed by atoms with van der Waals surface area (Å²) < 4.78 is 0. The molecule has 0 bridgehead atoms. The van der Waals surface area contributed by atoms with Gasteiger partial charge in [-0.3, -0.25) is 4.79 Å². The molecule has 0 aliphatic rings. The molecule has 0 heterocycles. The highest BCUT2D eigenvalue weighted by molar-refractivity contribution is 8.00. The minimum absolute atomic E-state index is 0.0814. The van der Waals surface area contributed by atoms with Crippen LogP contribution < -0.4 is 11.1 Å². The van der Waals surface area contributed by atoms with Crippen LogP contribution in [-0.2, 0) is 4.79 Å². The molecule has 1 aromatic carbocycles. The quantitative estimate of drug-likeness (QED) is 0.564. The molecule has 118 valence electrons. The van der Waals surface area contributed by atoms with Crippen LogP contribution in [0.1, 0.15) is 45.6 Å². The summed E-state index contributed by atoms with van der Waals surface area (Å²) in [5.74, 6) is 1.23. The summed E-state index contributed by atoms with van der Waals surface area (Å²) in [6.07, 6.45) is 3.42. The van der Waals surface area contributed by atoms with E-state index in [0.717, 1.165) is 34.9 Å². The standard InChI is InChI=1S/C17H28N2OS/c1-12(2)6-5-7-14(4)19-17(20)11-21-16-10-13(3)8-9-15(16)18/h8-10,12,14H,5-7,11,18H2,1-4H3,(H,19,20). The Morgan fingerprint density at radius 1 is 1.29 bits per heavy atom. The third-order valence-electron chi connectivity index (χ3n) is 3.35. The summed E-state index contributed by atoms with van der Waals surface area (Å²) in [6, 6.07) is 6.14. The molecular formula is C17H28N2OS. The second-order valence-corrected chi connectivity index (χ2v) is 7.14. The van der Waals surface area contributed by atoms with Crippen molar-refractivity contribution in [2.75, 3.05) is 11.5 Å². The lowest BCUT2D eigenvalue weighted by molar-refractivity contribution is -0.119. The Hall–Kier alpha value is -1.16. The average molecular weight is 308 g/mol. The highest BCUT2D eigenvalue weighted by atomic mass is 32.2. The van der Waals surface area contributed by atoms with Gasteiger partial charge >= 0.3 is 0 Å². The number of nitrogen functional groups attached to an aromatic ring is 1. The van der Waals surface area contributed by atoms with Crippen molar-refractivity contribution in [2.24, 2.45) is 5.92 Å². The van der Waals surface area contributed by atoms with Gasteiger partial charge in [0.05, 0.1) is 5.75 Å². The van der Waals surface area contributed by atoms with E-state index in [9.17, 15) is 4.79 Å². The van der Waals surface area contributed by atoms with E-state index in [1.165, 1.54) is 18.2 Å². The van der Waals surface area contributed by atoms with Crippen molar-refractivity contribution in [3.63, 3.8) is 0 Å². The van der Waals surface area contributed by atoms with Gasteiger partial charge in [0, 0.05) is 16.6 Å². The van der Waals surface area contributed by atoms with Crippen LogP contribution in [-0.4, -0.2) is 17.7 Å². The zero-order valence-corrected chi connectivity index (χ0v) is 14.4. The van der Waals surface area contributed by atoms with Gasteiger partial charge in [0.15, 0.2) is 0 Å². The Labute approximate surface area is 133 Å². The largest absolute Gasteiger partial charge is 0.398 e. The van der Waals surface area contributed by atoms with E-state index in [1.807, 2.05) is 25.1 Å². The van der Waals surface area contributed by atoms with Crippen molar-refractivity contribution in [1.29, 1.82) is 0 Å². The van der Waals surface area contributed by atoms with E-state index < -0.39 is 0 Å². The van der Waals surface area contributed by atoms with Crippen molar-refractivity contribution in [1.82, 2.24) is 5.32 Å². The monoisotopic (exact) mass is 308 g/mol. The first-order valence-electron chi connectivity index (χ1n) is 7.66. The smallest absolute Gasteiger partial charge is 0.230 e. The van der Waals surface area contributed by atoms with E-state index in [2.05, 4.69) is 26.1 Å². The molecule has 0 spiro atoms.